The lowest BCUT2D eigenvalue weighted by Gasteiger charge is -2.17. The fourth-order valence-electron chi connectivity index (χ4n) is 1.82. The number of anilines is 2. The van der Waals surface area contributed by atoms with Crippen molar-refractivity contribution in [2.24, 2.45) is 11.8 Å². The zero-order valence-corrected chi connectivity index (χ0v) is 11.6. The summed E-state index contributed by atoms with van der Waals surface area (Å²) in [5.41, 5.74) is 3.69. The van der Waals surface area contributed by atoms with Gasteiger partial charge in [0.25, 0.3) is 5.69 Å². The summed E-state index contributed by atoms with van der Waals surface area (Å²) in [6, 6.07) is 4.95. The number of hydrazine groups is 1. The van der Waals surface area contributed by atoms with Crippen molar-refractivity contribution in [1.82, 2.24) is 0 Å². The van der Waals surface area contributed by atoms with Crippen LogP contribution >= 0.6 is 0 Å². The molecule has 106 valence electrons. The molecule has 0 heterocycles. The van der Waals surface area contributed by atoms with Crippen LogP contribution in [-0.2, 0) is 0 Å². The maximum absolute atomic E-state index is 10.8. The molecule has 1 atom stereocenters. The van der Waals surface area contributed by atoms with E-state index in [-0.39, 0.29) is 11.7 Å². The molecule has 1 aromatic rings. The summed E-state index contributed by atoms with van der Waals surface area (Å²) in [4.78, 5) is 10.4. The van der Waals surface area contributed by atoms with Gasteiger partial charge in [-0.3, -0.25) is 16.0 Å². The number of hydrogen-bond donors (Lipinski definition) is 3. The van der Waals surface area contributed by atoms with Gasteiger partial charge in [0.1, 0.15) is 0 Å². The Morgan fingerprint density at radius 2 is 1.84 bits per heavy atom. The molecule has 0 aliphatic heterocycles. The van der Waals surface area contributed by atoms with Crippen LogP contribution in [0.4, 0.5) is 17.1 Å². The third kappa shape index (κ3) is 5.13. The molecule has 0 aliphatic rings. The Morgan fingerprint density at radius 3 is 2.37 bits per heavy atom. The fraction of sp³-hybridized carbons (Fsp3) is 0.538. The van der Waals surface area contributed by atoms with Crippen molar-refractivity contribution < 1.29 is 4.92 Å². The van der Waals surface area contributed by atoms with E-state index < -0.39 is 4.92 Å². The molecule has 0 spiro atoms. The number of nitro groups is 1. The van der Waals surface area contributed by atoms with Crippen molar-refractivity contribution in [1.29, 1.82) is 0 Å². The van der Waals surface area contributed by atoms with Gasteiger partial charge in [-0.15, -0.1) is 0 Å². The van der Waals surface area contributed by atoms with E-state index in [4.69, 9.17) is 5.84 Å². The maximum Gasteiger partial charge on any atom is 0.273 e. The van der Waals surface area contributed by atoms with Crippen LogP contribution < -0.4 is 16.6 Å². The molecule has 0 radical (unpaired) electrons. The number of nitrogens with two attached hydrogens (primary N) is 1. The van der Waals surface area contributed by atoms with E-state index in [0.717, 1.165) is 12.8 Å². The molecule has 0 saturated carbocycles. The Kier molecular flexibility index (Phi) is 5.57. The summed E-state index contributed by atoms with van der Waals surface area (Å²) < 4.78 is 0. The van der Waals surface area contributed by atoms with Crippen LogP contribution in [0.5, 0.6) is 0 Å². The summed E-state index contributed by atoms with van der Waals surface area (Å²) in [6.07, 6.45) is 2.14. The summed E-state index contributed by atoms with van der Waals surface area (Å²) in [5.74, 6) is 5.97. The SMILES string of the molecule is CC(C)CCC(C)Nc1cc(NN)cc([N+](=O)[O-])c1. The lowest BCUT2D eigenvalue weighted by molar-refractivity contribution is -0.384. The van der Waals surface area contributed by atoms with Crippen molar-refractivity contribution in [2.75, 3.05) is 10.7 Å². The summed E-state index contributed by atoms with van der Waals surface area (Å²) in [7, 11) is 0. The van der Waals surface area contributed by atoms with E-state index in [1.807, 2.05) is 0 Å². The van der Waals surface area contributed by atoms with Gasteiger partial charge in [-0.25, -0.2) is 0 Å². The van der Waals surface area contributed by atoms with E-state index in [0.29, 0.717) is 17.3 Å². The zero-order valence-electron chi connectivity index (χ0n) is 11.6. The molecule has 0 aliphatic carbocycles. The topological polar surface area (TPSA) is 93.2 Å². The highest BCUT2D eigenvalue weighted by Gasteiger charge is 2.11. The average molecular weight is 266 g/mol. The van der Waals surface area contributed by atoms with Crippen molar-refractivity contribution in [3.8, 4) is 0 Å². The second-order valence-corrected chi connectivity index (χ2v) is 5.19. The molecular formula is C13H22N4O2. The van der Waals surface area contributed by atoms with Crippen molar-refractivity contribution in [3.05, 3.63) is 28.3 Å². The van der Waals surface area contributed by atoms with Gasteiger partial charge >= 0.3 is 0 Å². The molecule has 0 bridgehead atoms. The van der Waals surface area contributed by atoms with E-state index in [1.165, 1.54) is 12.1 Å². The first-order valence-corrected chi connectivity index (χ1v) is 6.45. The molecule has 1 aromatic carbocycles. The van der Waals surface area contributed by atoms with Crippen LogP contribution in [0, 0.1) is 16.0 Å². The summed E-state index contributed by atoms with van der Waals surface area (Å²) in [6.45, 7) is 6.42. The monoisotopic (exact) mass is 266 g/mol. The number of nitrogens with zero attached hydrogens (tertiary/aromatic N) is 1. The van der Waals surface area contributed by atoms with Crippen molar-refractivity contribution in [2.45, 2.75) is 39.7 Å². The Labute approximate surface area is 113 Å². The summed E-state index contributed by atoms with van der Waals surface area (Å²) >= 11 is 0. The average Bonchev–Trinajstić information content (AvgIpc) is 2.35. The second-order valence-electron chi connectivity index (χ2n) is 5.19. The molecule has 4 N–H and O–H groups in total. The van der Waals surface area contributed by atoms with Crippen molar-refractivity contribution in [3.63, 3.8) is 0 Å². The molecule has 1 unspecified atom stereocenters. The van der Waals surface area contributed by atoms with Gasteiger partial charge in [0.2, 0.25) is 0 Å². The zero-order chi connectivity index (χ0) is 14.4. The first-order chi connectivity index (χ1) is 8.92. The highest BCUT2D eigenvalue weighted by Crippen LogP contribution is 2.24. The van der Waals surface area contributed by atoms with Gasteiger partial charge < -0.3 is 10.7 Å². The van der Waals surface area contributed by atoms with E-state index in [1.54, 1.807) is 6.07 Å². The number of non-ortho nitro benzene ring substituents is 1. The lowest BCUT2D eigenvalue weighted by Crippen LogP contribution is -2.16. The van der Waals surface area contributed by atoms with E-state index in [2.05, 4.69) is 31.5 Å². The Morgan fingerprint density at radius 1 is 1.21 bits per heavy atom. The number of benzene rings is 1. The van der Waals surface area contributed by atoms with Gasteiger partial charge in [-0.2, -0.15) is 0 Å². The Bertz CT molecular complexity index is 435. The van der Waals surface area contributed by atoms with Gasteiger partial charge in [0, 0.05) is 23.9 Å². The number of nitrogen functional groups attached to an aromatic ring is 1. The Balaban J connectivity index is 2.76. The Hall–Kier alpha value is -1.82. The first-order valence-electron chi connectivity index (χ1n) is 6.45. The van der Waals surface area contributed by atoms with Crippen LogP contribution in [0.15, 0.2) is 18.2 Å². The fourth-order valence-corrected chi connectivity index (χ4v) is 1.82. The molecule has 0 aromatic heterocycles. The van der Waals surface area contributed by atoms with Crippen LogP contribution in [0.25, 0.3) is 0 Å². The molecule has 6 heteroatoms. The quantitative estimate of drug-likeness (QED) is 0.400. The smallest absolute Gasteiger partial charge is 0.273 e. The molecule has 19 heavy (non-hydrogen) atoms. The molecule has 0 amide bonds. The highest BCUT2D eigenvalue weighted by molar-refractivity contribution is 5.63. The predicted octanol–water partition coefficient (Wildman–Crippen LogP) is 3.12. The third-order valence-corrected chi connectivity index (χ3v) is 2.89. The van der Waals surface area contributed by atoms with Crippen LogP contribution in [-0.4, -0.2) is 11.0 Å². The summed E-state index contributed by atoms with van der Waals surface area (Å²) in [5, 5.41) is 14.1. The van der Waals surface area contributed by atoms with Crippen LogP contribution in [0.2, 0.25) is 0 Å². The normalized spacial score (nSPS) is 12.3. The first kappa shape index (κ1) is 15.2. The van der Waals surface area contributed by atoms with E-state index >= 15 is 0 Å². The van der Waals surface area contributed by atoms with E-state index in [9.17, 15) is 10.1 Å². The molecule has 1 rings (SSSR count). The largest absolute Gasteiger partial charge is 0.382 e. The van der Waals surface area contributed by atoms with Crippen molar-refractivity contribution >= 4 is 17.1 Å². The lowest BCUT2D eigenvalue weighted by atomic mass is 10.0. The van der Waals surface area contributed by atoms with Crippen LogP contribution in [0.3, 0.4) is 0 Å². The number of nitro benzene ring substituents is 1. The minimum atomic E-state index is -0.426. The third-order valence-electron chi connectivity index (χ3n) is 2.89. The highest BCUT2D eigenvalue weighted by atomic mass is 16.6. The molecule has 0 fully saturated rings. The number of rotatable bonds is 7. The molecule has 6 nitrogen and oxygen atoms in total. The molecular weight excluding hydrogens is 244 g/mol. The van der Waals surface area contributed by atoms with Gasteiger partial charge in [-0.1, -0.05) is 13.8 Å². The van der Waals surface area contributed by atoms with Gasteiger partial charge in [0.15, 0.2) is 0 Å². The maximum atomic E-state index is 10.8. The molecule has 0 saturated heterocycles. The number of nitrogens with one attached hydrogen (secondary N) is 2. The van der Waals surface area contributed by atoms with Gasteiger partial charge in [-0.05, 0) is 31.7 Å². The number of hydrogen-bond acceptors (Lipinski definition) is 5. The van der Waals surface area contributed by atoms with Gasteiger partial charge in [0.05, 0.1) is 10.6 Å². The standard InChI is InChI=1S/C13H22N4O2/c1-9(2)4-5-10(3)15-11-6-12(16-14)8-13(7-11)17(18)19/h6-10,15-16H,4-5,14H2,1-3H3. The second kappa shape index (κ2) is 6.94. The minimum absolute atomic E-state index is 0.0222. The minimum Gasteiger partial charge on any atom is -0.382 e. The predicted molar refractivity (Wildman–Crippen MR) is 78.1 cm³/mol. The van der Waals surface area contributed by atoms with Crippen LogP contribution in [0.1, 0.15) is 33.6 Å².